The summed E-state index contributed by atoms with van der Waals surface area (Å²) in [6, 6.07) is -0.823. The normalized spacial score (nSPS) is 16.0. The molecule has 0 aliphatic carbocycles. The zero-order valence-corrected chi connectivity index (χ0v) is 16.3. The standard InChI is InChI=1S/C16H21F3N4O3S/c1-8-7-27-13(20-8)15(25,16(17,18)19)6-10(24)21-9(2)11-22-12(23-26-11)14(3,4)5/h7,9,25H,6H2,1-5H3,(H,21,24)/t9-,15-/m1/s1. The number of alkyl halides is 3. The topological polar surface area (TPSA) is 101 Å². The van der Waals surface area contributed by atoms with Crippen molar-refractivity contribution < 1.29 is 27.6 Å². The first-order chi connectivity index (χ1) is 12.2. The summed E-state index contributed by atoms with van der Waals surface area (Å²) < 4.78 is 45.4. The lowest BCUT2D eigenvalue weighted by Gasteiger charge is -2.28. The van der Waals surface area contributed by atoms with Crippen LogP contribution in [0, 0.1) is 6.92 Å². The molecule has 2 N–H and O–H groups in total. The van der Waals surface area contributed by atoms with Crippen LogP contribution in [0.25, 0.3) is 0 Å². The molecule has 0 unspecified atom stereocenters. The molecular formula is C16H21F3N4O3S. The molecule has 0 radical (unpaired) electrons. The smallest absolute Gasteiger partial charge is 0.374 e. The van der Waals surface area contributed by atoms with Gasteiger partial charge in [-0.2, -0.15) is 18.2 Å². The molecule has 2 aromatic rings. The highest BCUT2D eigenvalue weighted by Crippen LogP contribution is 2.42. The van der Waals surface area contributed by atoms with Gasteiger partial charge in [-0.25, -0.2) is 4.98 Å². The van der Waals surface area contributed by atoms with Crippen molar-refractivity contribution in [1.82, 2.24) is 20.4 Å². The fourth-order valence-electron chi connectivity index (χ4n) is 2.14. The van der Waals surface area contributed by atoms with E-state index in [1.165, 1.54) is 19.2 Å². The van der Waals surface area contributed by atoms with Gasteiger partial charge < -0.3 is 14.9 Å². The van der Waals surface area contributed by atoms with Crippen molar-refractivity contribution in [3.8, 4) is 0 Å². The van der Waals surface area contributed by atoms with Crippen LogP contribution in [0.1, 0.15) is 62.6 Å². The average Bonchev–Trinajstić information content (AvgIpc) is 3.13. The average molecular weight is 406 g/mol. The van der Waals surface area contributed by atoms with E-state index in [-0.39, 0.29) is 11.3 Å². The third-order valence-electron chi connectivity index (χ3n) is 3.72. The summed E-state index contributed by atoms with van der Waals surface area (Å²) in [7, 11) is 0. The Bertz CT molecular complexity index is 812. The van der Waals surface area contributed by atoms with Gasteiger partial charge in [0, 0.05) is 16.5 Å². The maximum atomic E-state index is 13.5. The lowest BCUT2D eigenvalue weighted by Crippen LogP contribution is -2.46. The van der Waals surface area contributed by atoms with Crippen molar-refractivity contribution in [2.24, 2.45) is 0 Å². The molecule has 27 heavy (non-hydrogen) atoms. The maximum Gasteiger partial charge on any atom is 0.424 e. The highest BCUT2D eigenvalue weighted by Gasteiger charge is 2.58. The van der Waals surface area contributed by atoms with E-state index in [4.69, 9.17) is 4.52 Å². The number of hydrogen-bond donors (Lipinski definition) is 2. The van der Waals surface area contributed by atoms with Crippen LogP contribution in [-0.4, -0.2) is 32.3 Å². The Kier molecular flexibility index (Phi) is 5.67. The van der Waals surface area contributed by atoms with Crippen molar-refractivity contribution in [1.29, 1.82) is 0 Å². The van der Waals surface area contributed by atoms with Crippen molar-refractivity contribution in [3.63, 3.8) is 0 Å². The molecule has 0 saturated heterocycles. The Morgan fingerprint density at radius 3 is 2.41 bits per heavy atom. The van der Waals surface area contributed by atoms with E-state index >= 15 is 0 Å². The number of carbonyl (C=O) groups excluding carboxylic acids is 1. The molecule has 0 fully saturated rings. The summed E-state index contributed by atoms with van der Waals surface area (Å²) >= 11 is 0.645. The van der Waals surface area contributed by atoms with Crippen LogP contribution in [0.5, 0.6) is 0 Å². The molecule has 0 aliphatic heterocycles. The van der Waals surface area contributed by atoms with Crippen molar-refractivity contribution in [2.75, 3.05) is 0 Å². The fourth-order valence-corrected chi connectivity index (χ4v) is 3.06. The van der Waals surface area contributed by atoms with Gasteiger partial charge in [0.25, 0.3) is 0 Å². The summed E-state index contributed by atoms with van der Waals surface area (Å²) in [6.07, 6.45) is -6.30. The van der Waals surface area contributed by atoms with E-state index in [1.807, 2.05) is 20.8 Å². The monoisotopic (exact) mass is 406 g/mol. The Balaban J connectivity index is 2.15. The molecule has 2 atom stereocenters. The lowest BCUT2D eigenvalue weighted by molar-refractivity contribution is -0.267. The molecule has 11 heteroatoms. The van der Waals surface area contributed by atoms with Gasteiger partial charge in [-0.15, -0.1) is 11.3 Å². The Labute approximate surface area is 158 Å². The van der Waals surface area contributed by atoms with Gasteiger partial charge in [0.1, 0.15) is 11.0 Å². The van der Waals surface area contributed by atoms with Crippen molar-refractivity contribution in [3.05, 3.63) is 27.8 Å². The van der Waals surface area contributed by atoms with Crippen LogP contribution < -0.4 is 5.32 Å². The van der Waals surface area contributed by atoms with E-state index in [9.17, 15) is 23.1 Å². The largest absolute Gasteiger partial charge is 0.424 e. The zero-order valence-electron chi connectivity index (χ0n) is 15.5. The number of halogens is 3. The van der Waals surface area contributed by atoms with Crippen molar-refractivity contribution in [2.45, 2.75) is 64.3 Å². The second-order valence-corrected chi connectivity index (χ2v) is 8.18. The quantitative estimate of drug-likeness (QED) is 0.791. The first kappa shape index (κ1) is 21.3. The summed E-state index contributed by atoms with van der Waals surface area (Å²) in [6.45, 7) is 8.60. The maximum absolute atomic E-state index is 13.5. The number of aryl methyl sites for hydroxylation is 1. The minimum absolute atomic E-state index is 0.0638. The van der Waals surface area contributed by atoms with E-state index in [2.05, 4.69) is 20.4 Å². The molecule has 0 bridgehead atoms. The third-order valence-corrected chi connectivity index (χ3v) is 4.83. The highest BCUT2D eigenvalue weighted by atomic mass is 32.1. The molecule has 7 nitrogen and oxygen atoms in total. The third kappa shape index (κ3) is 4.64. The van der Waals surface area contributed by atoms with Crippen LogP contribution in [-0.2, 0) is 15.8 Å². The van der Waals surface area contributed by atoms with Gasteiger partial charge in [0.2, 0.25) is 17.4 Å². The molecule has 2 rings (SSSR count). The molecule has 150 valence electrons. The number of hydrogen-bond acceptors (Lipinski definition) is 7. The predicted molar refractivity (Wildman–Crippen MR) is 91.0 cm³/mol. The fraction of sp³-hybridized carbons (Fsp3) is 0.625. The first-order valence-corrected chi connectivity index (χ1v) is 8.97. The number of amides is 1. The number of carbonyl (C=O) groups is 1. The molecular weight excluding hydrogens is 385 g/mol. The summed E-state index contributed by atoms with van der Waals surface area (Å²) in [5.74, 6) is -0.553. The molecule has 2 heterocycles. The van der Waals surface area contributed by atoms with Gasteiger partial charge in [-0.3, -0.25) is 4.79 Å². The van der Waals surface area contributed by atoms with Crippen LogP contribution in [0.4, 0.5) is 13.2 Å². The van der Waals surface area contributed by atoms with E-state index in [0.29, 0.717) is 22.9 Å². The van der Waals surface area contributed by atoms with Crippen LogP contribution in [0.15, 0.2) is 9.90 Å². The number of aliphatic hydroxyl groups is 1. The Morgan fingerprint density at radius 1 is 1.33 bits per heavy atom. The zero-order chi connectivity index (χ0) is 20.6. The molecule has 0 spiro atoms. The molecule has 0 aromatic carbocycles. The Morgan fingerprint density at radius 2 is 1.96 bits per heavy atom. The number of nitrogens with zero attached hydrogens (tertiary/aromatic N) is 3. The van der Waals surface area contributed by atoms with Gasteiger partial charge in [0.15, 0.2) is 5.82 Å². The minimum Gasteiger partial charge on any atom is -0.374 e. The SMILES string of the molecule is Cc1csc([C@](O)(CC(=O)N[C@H](C)c2nc(C(C)(C)C)no2)C(F)(F)F)n1. The summed E-state index contributed by atoms with van der Waals surface area (Å²) in [5, 5.41) is 17.2. The number of rotatable bonds is 5. The van der Waals surface area contributed by atoms with E-state index in [0.717, 1.165) is 0 Å². The first-order valence-electron chi connectivity index (χ1n) is 8.09. The second-order valence-electron chi connectivity index (χ2n) is 7.32. The predicted octanol–water partition coefficient (Wildman–Crippen LogP) is 3.15. The van der Waals surface area contributed by atoms with Gasteiger partial charge >= 0.3 is 6.18 Å². The number of nitrogens with one attached hydrogen (secondary N) is 1. The van der Waals surface area contributed by atoms with Gasteiger partial charge in [-0.05, 0) is 13.8 Å². The lowest BCUT2D eigenvalue weighted by atomic mass is 9.96. The van der Waals surface area contributed by atoms with E-state index in [1.54, 1.807) is 0 Å². The van der Waals surface area contributed by atoms with Gasteiger partial charge in [0.05, 0.1) is 6.42 Å². The minimum atomic E-state index is -5.07. The number of aromatic nitrogens is 3. The molecule has 1 amide bonds. The molecule has 2 aromatic heterocycles. The van der Waals surface area contributed by atoms with Gasteiger partial charge in [-0.1, -0.05) is 25.9 Å². The summed E-state index contributed by atoms with van der Waals surface area (Å²) in [4.78, 5) is 20.0. The van der Waals surface area contributed by atoms with Crippen LogP contribution >= 0.6 is 11.3 Å². The highest BCUT2D eigenvalue weighted by molar-refractivity contribution is 7.09. The molecule has 0 saturated carbocycles. The Hall–Kier alpha value is -2.01. The second kappa shape index (κ2) is 7.19. The van der Waals surface area contributed by atoms with Crippen LogP contribution in [0.3, 0.4) is 0 Å². The molecule has 0 aliphatic rings. The summed E-state index contributed by atoms with van der Waals surface area (Å²) in [5.41, 5.74) is -3.43. The van der Waals surface area contributed by atoms with E-state index < -0.39 is 35.2 Å². The van der Waals surface area contributed by atoms with Crippen molar-refractivity contribution >= 4 is 17.2 Å². The number of thiazole rings is 1. The van der Waals surface area contributed by atoms with Crippen LogP contribution in [0.2, 0.25) is 0 Å².